The molecule has 0 atom stereocenters. The van der Waals surface area contributed by atoms with Gasteiger partial charge in [-0.25, -0.2) is 17.9 Å². The van der Waals surface area contributed by atoms with Gasteiger partial charge >= 0.3 is 5.97 Å². The van der Waals surface area contributed by atoms with Gasteiger partial charge in [0.1, 0.15) is 0 Å². The molecule has 2 rings (SSSR count). The average molecular weight is 366 g/mol. The molecular formula is C16H18N2O6S. The van der Waals surface area contributed by atoms with Crippen LogP contribution in [0.5, 0.6) is 0 Å². The molecule has 1 amide bonds. The number of benzene rings is 1. The minimum Gasteiger partial charge on any atom is -0.462 e. The number of carbonyl (C=O) groups excluding carboxylic acids is 2. The van der Waals surface area contributed by atoms with Crippen LogP contribution in [0.4, 0.5) is 0 Å². The highest BCUT2D eigenvalue weighted by molar-refractivity contribution is 7.89. The van der Waals surface area contributed by atoms with Crippen molar-refractivity contribution in [1.29, 1.82) is 0 Å². The normalized spacial score (nSPS) is 11.1. The summed E-state index contributed by atoms with van der Waals surface area (Å²) in [6.45, 7) is 2.03. The van der Waals surface area contributed by atoms with E-state index in [4.69, 9.17) is 9.15 Å². The molecule has 0 bridgehead atoms. The number of hydrogen-bond donors (Lipinski definition) is 2. The van der Waals surface area contributed by atoms with Crippen LogP contribution in [0.3, 0.4) is 0 Å². The Labute approximate surface area is 145 Å². The van der Waals surface area contributed by atoms with E-state index in [-0.39, 0.29) is 35.9 Å². The summed E-state index contributed by atoms with van der Waals surface area (Å²) in [6, 6.07) is 8.48. The van der Waals surface area contributed by atoms with Crippen molar-refractivity contribution in [1.82, 2.24) is 10.0 Å². The first-order chi connectivity index (χ1) is 11.9. The number of nitrogens with one attached hydrogen (secondary N) is 2. The van der Waals surface area contributed by atoms with Crippen LogP contribution >= 0.6 is 0 Å². The third kappa shape index (κ3) is 5.16. The van der Waals surface area contributed by atoms with E-state index in [0.717, 1.165) is 0 Å². The fourth-order valence-corrected chi connectivity index (χ4v) is 2.96. The molecule has 0 saturated carbocycles. The smallest absolute Gasteiger partial charge is 0.338 e. The van der Waals surface area contributed by atoms with E-state index < -0.39 is 21.9 Å². The molecule has 1 aromatic heterocycles. The number of rotatable bonds is 8. The first-order valence-corrected chi connectivity index (χ1v) is 9.01. The highest BCUT2D eigenvalue weighted by Gasteiger charge is 2.15. The molecule has 0 aliphatic heterocycles. The fourth-order valence-electron chi connectivity index (χ4n) is 1.92. The number of hydrogen-bond acceptors (Lipinski definition) is 6. The summed E-state index contributed by atoms with van der Waals surface area (Å²) in [5.74, 6) is -0.791. The van der Waals surface area contributed by atoms with Crippen LogP contribution in [-0.2, 0) is 14.8 Å². The first-order valence-electron chi connectivity index (χ1n) is 7.52. The molecule has 9 heteroatoms. The van der Waals surface area contributed by atoms with E-state index in [9.17, 15) is 18.0 Å². The van der Waals surface area contributed by atoms with Crippen molar-refractivity contribution >= 4 is 21.9 Å². The van der Waals surface area contributed by atoms with Gasteiger partial charge in [-0.2, -0.15) is 0 Å². The van der Waals surface area contributed by atoms with E-state index in [1.165, 1.54) is 36.6 Å². The van der Waals surface area contributed by atoms with Crippen LogP contribution in [-0.4, -0.2) is 40.0 Å². The molecule has 0 spiro atoms. The Morgan fingerprint density at radius 2 is 1.84 bits per heavy atom. The first kappa shape index (κ1) is 18.7. The van der Waals surface area contributed by atoms with Crippen molar-refractivity contribution in [3.05, 3.63) is 54.0 Å². The quantitative estimate of drug-likeness (QED) is 0.535. The topological polar surface area (TPSA) is 115 Å². The van der Waals surface area contributed by atoms with Gasteiger partial charge in [-0.15, -0.1) is 0 Å². The summed E-state index contributed by atoms with van der Waals surface area (Å²) in [4.78, 5) is 23.2. The van der Waals surface area contributed by atoms with E-state index in [0.29, 0.717) is 0 Å². The molecule has 0 aliphatic rings. The van der Waals surface area contributed by atoms with Crippen LogP contribution in [0.1, 0.15) is 27.8 Å². The predicted octanol–water partition coefficient (Wildman–Crippen LogP) is 1.16. The van der Waals surface area contributed by atoms with Crippen LogP contribution < -0.4 is 10.0 Å². The highest BCUT2D eigenvalue weighted by Crippen LogP contribution is 2.11. The second-order valence-electron chi connectivity index (χ2n) is 4.88. The number of ether oxygens (including phenoxy) is 1. The minimum atomic E-state index is -3.74. The second-order valence-corrected chi connectivity index (χ2v) is 6.64. The van der Waals surface area contributed by atoms with Crippen molar-refractivity contribution < 1.29 is 27.2 Å². The Balaban J connectivity index is 1.86. The summed E-state index contributed by atoms with van der Waals surface area (Å²) in [5, 5.41) is 2.53. The standard InChI is InChI=1S/C16H18N2O6S/c1-2-23-16(20)12-5-7-13(8-6-12)25(21,22)18-10-9-17-15(19)14-4-3-11-24-14/h3-8,11,18H,2,9-10H2,1H3,(H,17,19). The third-order valence-electron chi connectivity index (χ3n) is 3.12. The van der Waals surface area contributed by atoms with Gasteiger partial charge in [-0.1, -0.05) is 0 Å². The van der Waals surface area contributed by atoms with Crippen molar-refractivity contribution in [3.63, 3.8) is 0 Å². The van der Waals surface area contributed by atoms with Gasteiger partial charge in [0.25, 0.3) is 5.91 Å². The molecule has 0 aliphatic carbocycles. The molecule has 0 unspecified atom stereocenters. The maximum atomic E-state index is 12.2. The summed E-state index contributed by atoms with van der Waals surface area (Å²) >= 11 is 0. The molecule has 8 nitrogen and oxygen atoms in total. The van der Waals surface area contributed by atoms with Gasteiger partial charge in [0.2, 0.25) is 10.0 Å². The van der Waals surface area contributed by atoms with E-state index in [1.54, 1.807) is 13.0 Å². The monoisotopic (exact) mass is 366 g/mol. The predicted molar refractivity (Wildman–Crippen MR) is 88.6 cm³/mol. The lowest BCUT2D eigenvalue weighted by molar-refractivity contribution is 0.0526. The zero-order valence-corrected chi connectivity index (χ0v) is 14.3. The largest absolute Gasteiger partial charge is 0.462 e. The van der Waals surface area contributed by atoms with Gasteiger partial charge in [0.05, 0.1) is 23.3 Å². The van der Waals surface area contributed by atoms with Crippen molar-refractivity contribution in [2.75, 3.05) is 19.7 Å². The van der Waals surface area contributed by atoms with E-state index in [2.05, 4.69) is 10.0 Å². The van der Waals surface area contributed by atoms with Crippen molar-refractivity contribution in [3.8, 4) is 0 Å². The fraction of sp³-hybridized carbons (Fsp3) is 0.250. The molecule has 2 N–H and O–H groups in total. The Morgan fingerprint density at radius 3 is 2.44 bits per heavy atom. The minimum absolute atomic E-state index is 0.00834. The summed E-state index contributed by atoms with van der Waals surface area (Å²) < 4.78 is 36.4. The Kier molecular flexibility index (Phi) is 6.31. The van der Waals surface area contributed by atoms with Crippen molar-refractivity contribution in [2.24, 2.45) is 0 Å². The molecule has 134 valence electrons. The lowest BCUT2D eigenvalue weighted by atomic mass is 10.2. The SMILES string of the molecule is CCOC(=O)c1ccc(S(=O)(=O)NCCNC(=O)c2ccco2)cc1. The Morgan fingerprint density at radius 1 is 1.12 bits per heavy atom. The maximum Gasteiger partial charge on any atom is 0.338 e. The summed E-state index contributed by atoms with van der Waals surface area (Å²) in [7, 11) is -3.74. The van der Waals surface area contributed by atoms with Crippen LogP contribution in [0.15, 0.2) is 52.0 Å². The maximum absolute atomic E-state index is 12.2. The molecular weight excluding hydrogens is 348 g/mol. The van der Waals surface area contributed by atoms with Gasteiger partial charge in [0, 0.05) is 13.1 Å². The number of esters is 1. The molecule has 1 aromatic carbocycles. The average Bonchev–Trinajstić information content (AvgIpc) is 3.13. The van der Waals surface area contributed by atoms with E-state index in [1.807, 2.05) is 0 Å². The molecule has 1 heterocycles. The van der Waals surface area contributed by atoms with Crippen LogP contribution in [0, 0.1) is 0 Å². The zero-order valence-electron chi connectivity index (χ0n) is 13.5. The molecule has 0 radical (unpaired) electrons. The second kappa shape index (κ2) is 8.45. The molecule has 0 fully saturated rings. The number of furan rings is 1. The Bertz CT molecular complexity index is 813. The highest BCUT2D eigenvalue weighted by atomic mass is 32.2. The number of amides is 1. The van der Waals surface area contributed by atoms with E-state index >= 15 is 0 Å². The number of carbonyl (C=O) groups is 2. The van der Waals surface area contributed by atoms with Crippen LogP contribution in [0.2, 0.25) is 0 Å². The lowest BCUT2D eigenvalue weighted by Gasteiger charge is -2.08. The molecule has 25 heavy (non-hydrogen) atoms. The Hall–Kier alpha value is -2.65. The van der Waals surface area contributed by atoms with Gasteiger partial charge in [0.15, 0.2) is 5.76 Å². The lowest BCUT2D eigenvalue weighted by Crippen LogP contribution is -2.34. The van der Waals surface area contributed by atoms with Crippen molar-refractivity contribution in [2.45, 2.75) is 11.8 Å². The third-order valence-corrected chi connectivity index (χ3v) is 4.60. The van der Waals surface area contributed by atoms with Gasteiger partial charge in [-0.05, 0) is 43.3 Å². The summed E-state index contributed by atoms with van der Waals surface area (Å²) in [6.07, 6.45) is 1.37. The van der Waals surface area contributed by atoms with Gasteiger partial charge in [-0.3, -0.25) is 4.79 Å². The molecule has 0 saturated heterocycles. The molecule has 2 aromatic rings. The van der Waals surface area contributed by atoms with Crippen LogP contribution in [0.25, 0.3) is 0 Å². The van der Waals surface area contributed by atoms with Gasteiger partial charge < -0.3 is 14.5 Å². The zero-order chi connectivity index (χ0) is 18.3. The summed E-state index contributed by atoms with van der Waals surface area (Å²) in [5.41, 5.74) is 0.270. The number of sulfonamides is 1.